The number of hydrogen-bond acceptors (Lipinski definition) is 5. The van der Waals surface area contributed by atoms with Gasteiger partial charge in [-0.1, -0.05) is 18.2 Å². The number of carbonyl (C=O) groups is 1. The van der Waals surface area contributed by atoms with Crippen molar-refractivity contribution in [3.63, 3.8) is 0 Å². The predicted molar refractivity (Wildman–Crippen MR) is 109 cm³/mol. The third-order valence-corrected chi connectivity index (χ3v) is 5.95. The summed E-state index contributed by atoms with van der Waals surface area (Å²) in [5.41, 5.74) is 1.09. The van der Waals surface area contributed by atoms with Crippen molar-refractivity contribution < 1.29 is 9.53 Å². The van der Waals surface area contributed by atoms with Crippen molar-refractivity contribution in [2.45, 2.75) is 23.8 Å². The molecule has 1 atom stereocenters. The van der Waals surface area contributed by atoms with Crippen molar-refractivity contribution in [2.75, 3.05) is 18.8 Å². The van der Waals surface area contributed by atoms with Gasteiger partial charge in [-0.25, -0.2) is 9.97 Å². The lowest BCUT2D eigenvalue weighted by Gasteiger charge is -2.32. The van der Waals surface area contributed by atoms with E-state index in [1.807, 2.05) is 29.3 Å². The van der Waals surface area contributed by atoms with E-state index in [4.69, 9.17) is 4.74 Å². The number of benzene rings is 1. The fraction of sp³-hybridized carbons (Fsp3) is 0.316. The van der Waals surface area contributed by atoms with Crippen LogP contribution in [0.4, 0.5) is 0 Å². The zero-order chi connectivity index (χ0) is 18.6. The Labute approximate surface area is 169 Å². The van der Waals surface area contributed by atoms with Crippen LogP contribution in [0.3, 0.4) is 0 Å². The minimum atomic E-state index is -0.0676. The highest BCUT2D eigenvalue weighted by molar-refractivity contribution is 9.10. The average Bonchev–Trinajstić information content (AvgIpc) is 3.11. The molecular weight excluding hydrogens is 428 g/mol. The Morgan fingerprint density at radius 3 is 3.00 bits per heavy atom. The Morgan fingerprint density at radius 1 is 1.33 bits per heavy atom. The minimum Gasteiger partial charge on any atom is -0.458 e. The number of para-hydroxylation sites is 1. The molecule has 6 nitrogen and oxygen atoms in total. The lowest BCUT2D eigenvalue weighted by molar-refractivity contribution is -0.131. The van der Waals surface area contributed by atoms with Crippen LogP contribution in [0.2, 0.25) is 0 Å². The van der Waals surface area contributed by atoms with Crippen LogP contribution in [0.15, 0.2) is 52.2 Å². The normalized spacial score (nSPS) is 17.2. The summed E-state index contributed by atoms with van der Waals surface area (Å²) in [6, 6.07) is 8.48. The third kappa shape index (κ3) is 4.44. The fourth-order valence-electron chi connectivity index (χ4n) is 3.17. The van der Waals surface area contributed by atoms with E-state index < -0.39 is 0 Å². The summed E-state index contributed by atoms with van der Waals surface area (Å²) in [7, 11) is 0. The molecule has 8 heteroatoms. The zero-order valence-electron chi connectivity index (χ0n) is 14.6. The monoisotopic (exact) mass is 446 g/mol. The number of amides is 1. The van der Waals surface area contributed by atoms with E-state index in [1.54, 1.807) is 24.2 Å². The van der Waals surface area contributed by atoms with E-state index in [-0.39, 0.29) is 12.0 Å². The molecule has 3 aromatic rings. The summed E-state index contributed by atoms with van der Waals surface area (Å²) in [5.74, 6) is 0.555. The third-order valence-electron chi connectivity index (χ3n) is 4.50. The van der Waals surface area contributed by atoms with Crippen LogP contribution in [-0.4, -0.2) is 50.7 Å². The summed E-state index contributed by atoms with van der Waals surface area (Å²) in [4.78, 5) is 27.2. The highest BCUT2D eigenvalue weighted by Crippen LogP contribution is 2.28. The van der Waals surface area contributed by atoms with Gasteiger partial charge in [0.15, 0.2) is 0 Å². The summed E-state index contributed by atoms with van der Waals surface area (Å²) < 4.78 is 6.66. The van der Waals surface area contributed by atoms with Gasteiger partial charge in [0.25, 0.3) is 0 Å². The van der Waals surface area contributed by atoms with Gasteiger partial charge in [0, 0.05) is 40.9 Å². The number of aromatic nitrogens is 3. The molecule has 1 unspecified atom stereocenters. The van der Waals surface area contributed by atoms with Gasteiger partial charge >= 0.3 is 6.01 Å². The summed E-state index contributed by atoms with van der Waals surface area (Å²) in [6.45, 7) is 1.35. The number of rotatable bonds is 5. The number of hydrogen-bond donors (Lipinski definition) is 1. The molecule has 1 aromatic carbocycles. The van der Waals surface area contributed by atoms with E-state index in [9.17, 15) is 4.79 Å². The SMILES string of the molecule is O=C(CSc1c[nH]c2ccccc12)N1CCCC(Oc2ncc(Br)cn2)C1. The number of H-pyrrole nitrogens is 1. The smallest absolute Gasteiger partial charge is 0.316 e. The molecule has 0 aliphatic carbocycles. The van der Waals surface area contributed by atoms with E-state index in [0.29, 0.717) is 18.3 Å². The number of carbonyl (C=O) groups excluding carboxylic acids is 1. The van der Waals surface area contributed by atoms with Crippen LogP contribution in [0.25, 0.3) is 10.9 Å². The molecule has 1 aliphatic rings. The molecular formula is C19H19BrN4O2S. The fourth-order valence-corrected chi connectivity index (χ4v) is 4.31. The lowest BCUT2D eigenvalue weighted by Crippen LogP contribution is -2.45. The van der Waals surface area contributed by atoms with Crippen molar-refractivity contribution in [2.24, 2.45) is 0 Å². The number of fused-ring (bicyclic) bond motifs is 1. The second-order valence-electron chi connectivity index (χ2n) is 6.39. The van der Waals surface area contributed by atoms with Gasteiger partial charge < -0.3 is 14.6 Å². The van der Waals surface area contributed by atoms with Crippen molar-refractivity contribution in [3.8, 4) is 6.01 Å². The predicted octanol–water partition coefficient (Wildman–Crippen LogP) is 3.88. The molecule has 1 saturated heterocycles. The average molecular weight is 447 g/mol. The van der Waals surface area contributed by atoms with Crippen LogP contribution in [0.5, 0.6) is 6.01 Å². The largest absolute Gasteiger partial charge is 0.458 e. The van der Waals surface area contributed by atoms with Gasteiger partial charge in [-0.3, -0.25) is 4.79 Å². The number of ether oxygens (including phenoxy) is 1. The summed E-state index contributed by atoms with van der Waals surface area (Å²) in [6.07, 6.45) is 7.04. The molecule has 0 radical (unpaired) electrons. The first-order valence-electron chi connectivity index (χ1n) is 8.80. The zero-order valence-corrected chi connectivity index (χ0v) is 17.0. The van der Waals surface area contributed by atoms with Crippen molar-refractivity contribution in [1.29, 1.82) is 0 Å². The molecule has 140 valence electrons. The van der Waals surface area contributed by atoms with Gasteiger partial charge in [0.05, 0.1) is 16.8 Å². The topological polar surface area (TPSA) is 71.1 Å². The van der Waals surface area contributed by atoms with Gasteiger partial charge in [-0.05, 0) is 34.8 Å². The number of halogens is 1. The molecule has 3 heterocycles. The van der Waals surface area contributed by atoms with E-state index in [0.717, 1.165) is 39.7 Å². The number of aromatic amines is 1. The Bertz CT molecular complexity index is 931. The number of likely N-dealkylation sites (tertiary alicyclic amines) is 1. The first-order chi connectivity index (χ1) is 13.2. The molecule has 1 amide bonds. The van der Waals surface area contributed by atoms with Crippen LogP contribution in [-0.2, 0) is 4.79 Å². The molecule has 1 N–H and O–H groups in total. The molecule has 27 heavy (non-hydrogen) atoms. The molecule has 0 saturated carbocycles. The highest BCUT2D eigenvalue weighted by Gasteiger charge is 2.25. The van der Waals surface area contributed by atoms with Crippen molar-refractivity contribution >= 4 is 44.5 Å². The molecule has 1 fully saturated rings. The number of piperidine rings is 1. The van der Waals surface area contributed by atoms with Gasteiger partial charge in [0.2, 0.25) is 5.91 Å². The first-order valence-corrected chi connectivity index (χ1v) is 10.6. The second-order valence-corrected chi connectivity index (χ2v) is 8.33. The molecule has 0 spiro atoms. The molecule has 0 bridgehead atoms. The van der Waals surface area contributed by atoms with E-state index >= 15 is 0 Å². The van der Waals surface area contributed by atoms with Crippen LogP contribution >= 0.6 is 27.7 Å². The Morgan fingerprint density at radius 2 is 2.15 bits per heavy atom. The Hall–Kier alpha value is -2.06. The number of nitrogens with one attached hydrogen (secondary N) is 1. The highest BCUT2D eigenvalue weighted by atomic mass is 79.9. The number of thioether (sulfide) groups is 1. The van der Waals surface area contributed by atoms with E-state index in [1.165, 1.54) is 0 Å². The second kappa shape index (κ2) is 8.31. The minimum absolute atomic E-state index is 0.0676. The van der Waals surface area contributed by atoms with Crippen LogP contribution < -0.4 is 4.74 Å². The molecule has 2 aromatic heterocycles. The molecule has 4 rings (SSSR count). The quantitative estimate of drug-likeness (QED) is 0.602. The summed E-state index contributed by atoms with van der Waals surface area (Å²) in [5, 5.41) is 1.16. The van der Waals surface area contributed by atoms with Gasteiger partial charge in [-0.2, -0.15) is 0 Å². The van der Waals surface area contributed by atoms with Crippen LogP contribution in [0, 0.1) is 0 Å². The van der Waals surface area contributed by atoms with Crippen molar-refractivity contribution in [3.05, 3.63) is 47.3 Å². The standard InChI is InChI=1S/C19H19BrN4O2S/c20-13-8-22-19(23-9-13)26-14-4-3-7-24(11-14)18(25)12-27-17-10-21-16-6-2-1-5-15(16)17/h1-2,5-6,8-10,14,21H,3-4,7,11-12H2. The van der Waals surface area contributed by atoms with Gasteiger partial charge in [-0.15, -0.1) is 11.8 Å². The maximum Gasteiger partial charge on any atom is 0.316 e. The number of nitrogens with zero attached hydrogens (tertiary/aromatic N) is 3. The Balaban J connectivity index is 1.33. The Kier molecular flexibility index (Phi) is 5.63. The maximum absolute atomic E-state index is 12.7. The van der Waals surface area contributed by atoms with E-state index in [2.05, 4.69) is 36.9 Å². The van der Waals surface area contributed by atoms with Gasteiger partial charge in [0.1, 0.15) is 6.10 Å². The maximum atomic E-state index is 12.7. The van der Waals surface area contributed by atoms with Crippen molar-refractivity contribution in [1.82, 2.24) is 19.9 Å². The lowest BCUT2D eigenvalue weighted by atomic mass is 10.1. The molecule has 1 aliphatic heterocycles. The first kappa shape index (κ1) is 18.3. The summed E-state index contributed by atoms with van der Waals surface area (Å²) >= 11 is 4.88. The van der Waals surface area contributed by atoms with Crippen LogP contribution in [0.1, 0.15) is 12.8 Å².